The van der Waals surface area contributed by atoms with Crippen LogP contribution in [0.2, 0.25) is 0 Å². The van der Waals surface area contributed by atoms with Crippen molar-refractivity contribution in [1.29, 1.82) is 0 Å². The number of benzene rings is 1. The summed E-state index contributed by atoms with van der Waals surface area (Å²) in [5.74, 6) is 0. The molecule has 2 aromatic heterocycles. The number of fused-ring (bicyclic) bond motifs is 3. The van der Waals surface area contributed by atoms with Crippen LogP contribution in [0.5, 0.6) is 0 Å². The summed E-state index contributed by atoms with van der Waals surface area (Å²) in [5.41, 5.74) is 7.97. The first-order valence-electron chi connectivity index (χ1n) is 19.5. The third-order valence-corrected chi connectivity index (χ3v) is 9.21. The van der Waals surface area contributed by atoms with E-state index in [9.17, 15) is 0 Å². The largest absolute Gasteiger partial charge is 0.251 e. The van der Waals surface area contributed by atoms with Gasteiger partial charge in [-0.1, -0.05) is 156 Å². The normalized spacial score (nSPS) is 11.3. The molecule has 0 aliphatic heterocycles. The lowest BCUT2D eigenvalue weighted by atomic mass is 9.95. The third-order valence-electron chi connectivity index (χ3n) is 9.21. The van der Waals surface area contributed by atoms with Crippen molar-refractivity contribution in [3.8, 4) is 0 Å². The molecule has 0 N–H and O–H groups in total. The van der Waals surface area contributed by atoms with Gasteiger partial charge in [0.25, 0.3) is 0 Å². The Labute approximate surface area is 273 Å². The number of aryl methyl sites for hydroxylation is 4. The van der Waals surface area contributed by atoms with Gasteiger partial charge in [-0.3, -0.25) is 9.97 Å². The molecule has 44 heavy (non-hydrogen) atoms. The Morgan fingerprint density at radius 3 is 1.00 bits per heavy atom. The van der Waals surface area contributed by atoms with Gasteiger partial charge in [0, 0.05) is 22.2 Å². The predicted octanol–water partition coefficient (Wildman–Crippen LogP) is 13.9. The van der Waals surface area contributed by atoms with Crippen LogP contribution in [0.4, 0.5) is 0 Å². The van der Waals surface area contributed by atoms with Crippen molar-refractivity contribution in [3.05, 3.63) is 46.8 Å². The van der Waals surface area contributed by atoms with E-state index in [4.69, 9.17) is 9.97 Å². The fourth-order valence-corrected chi connectivity index (χ4v) is 6.56. The summed E-state index contributed by atoms with van der Waals surface area (Å²) >= 11 is 0. The summed E-state index contributed by atoms with van der Waals surface area (Å²) in [7, 11) is 0. The quantitative estimate of drug-likeness (QED) is 0.0753. The average Bonchev–Trinajstić information content (AvgIpc) is 3.05. The molecule has 3 aromatic rings. The molecule has 0 spiro atoms. The van der Waals surface area contributed by atoms with Crippen molar-refractivity contribution in [2.24, 2.45) is 0 Å². The first-order chi connectivity index (χ1) is 21.7. The Morgan fingerprint density at radius 1 is 0.386 bits per heavy atom. The molecule has 0 saturated carbocycles. The molecular weight excluding hydrogens is 532 g/mol. The van der Waals surface area contributed by atoms with Crippen LogP contribution >= 0.6 is 0 Å². The number of hydrogen-bond donors (Lipinski definition) is 0. The van der Waals surface area contributed by atoms with Crippen LogP contribution in [0.1, 0.15) is 192 Å². The van der Waals surface area contributed by atoms with Gasteiger partial charge in [0.1, 0.15) is 0 Å². The van der Waals surface area contributed by atoms with Gasteiger partial charge < -0.3 is 0 Å². The van der Waals surface area contributed by atoms with Gasteiger partial charge in [0.15, 0.2) is 0 Å². The minimum absolute atomic E-state index is 1.10. The van der Waals surface area contributed by atoms with Gasteiger partial charge in [0.2, 0.25) is 0 Å². The first-order valence-corrected chi connectivity index (χ1v) is 19.5. The van der Waals surface area contributed by atoms with E-state index in [0.717, 1.165) is 12.8 Å². The van der Waals surface area contributed by atoms with Gasteiger partial charge in [0.05, 0.1) is 11.0 Å². The highest BCUT2D eigenvalue weighted by atomic mass is 14.8. The molecule has 0 unspecified atom stereocenters. The van der Waals surface area contributed by atoms with Gasteiger partial charge >= 0.3 is 0 Å². The van der Waals surface area contributed by atoms with E-state index in [-0.39, 0.29) is 0 Å². The van der Waals surface area contributed by atoms with Crippen molar-refractivity contribution in [2.75, 3.05) is 0 Å². The second kappa shape index (κ2) is 24.3. The molecule has 1 aromatic carbocycles. The lowest BCUT2D eigenvalue weighted by Crippen LogP contribution is -2.02. The molecule has 2 heteroatoms. The summed E-state index contributed by atoms with van der Waals surface area (Å²) in [6.45, 7) is 13.2. The molecule has 0 amide bonds. The molecule has 0 atom stereocenters. The maximum Gasteiger partial charge on any atom is 0.0970 e. The highest BCUT2D eigenvalue weighted by molar-refractivity contribution is 6.05. The fourth-order valence-electron chi connectivity index (χ4n) is 6.56. The van der Waals surface area contributed by atoms with Crippen LogP contribution in [0.15, 0.2) is 24.3 Å². The highest BCUT2D eigenvalue weighted by Crippen LogP contribution is 2.31. The Bertz CT molecular complexity index is 1060. The molecule has 0 radical (unpaired) electrons. The van der Waals surface area contributed by atoms with E-state index in [1.165, 1.54) is 186 Å². The zero-order valence-corrected chi connectivity index (χ0v) is 30.2. The highest BCUT2D eigenvalue weighted by Gasteiger charge is 2.14. The van der Waals surface area contributed by atoms with Crippen LogP contribution in [-0.2, 0) is 25.7 Å². The van der Waals surface area contributed by atoms with E-state index >= 15 is 0 Å². The van der Waals surface area contributed by atoms with Crippen molar-refractivity contribution in [3.63, 3.8) is 0 Å². The lowest BCUT2D eigenvalue weighted by molar-refractivity contribution is 0.625. The molecule has 0 fully saturated rings. The van der Waals surface area contributed by atoms with Gasteiger partial charge in [-0.05, 0) is 74.6 Å². The molecule has 248 valence electrons. The van der Waals surface area contributed by atoms with E-state index in [2.05, 4.69) is 52.0 Å². The zero-order valence-electron chi connectivity index (χ0n) is 30.2. The molecule has 2 heterocycles. The molecule has 0 saturated heterocycles. The lowest BCUT2D eigenvalue weighted by Gasteiger charge is -2.15. The van der Waals surface area contributed by atoms with Crippen molar-refractivity contribution >= 4 is 21.8 Å². The van der Waals surface area contributed by atoms with Crippen molar-refractivity contribution < 1.29 is 0 Å². The van der Waals surface area contributed by atoms with Crippen molar-refractivity contribution in [1.82, 2.24) is 9.97 Å². The Morgan fingerprint density at radius 2 is 0.682 bits per heavy atom. The molecule has 3 rings (SSSR count). The number of nitrogens with zero attached hydrogens (tertiary/aromatic N) is 2. The number of pyridine rings is 2. The van der Waals surface area contributed by atoms with Crippen LogP contribution in [0.3, 0.4) is 0 Å². The fraction of sp³-hybridized carbons (Fsp3) is 0.714. The molecule has 0 aliphatic rings. The zero-order chi connectivity index (χ0) is 31.8. The summed E-state index contributed by atoms with van der Waals surface area (Å²) in [5, 5.41) is 2.71. The maximum atomic E-state index is 5.40. The van der Waals surface area contributed by atoms with E-state index in [1.807, 2.05) is 13.8 Å². The van der Waals surface area contributed by atoms with Gasteiger partial charge in [-0.25, -0.2) is 0 Å². The number of rotatable bonds is 24. The molecular formula is C42H70N2. The molecule has 2 nitrogen and oxygen atoms in total. The van der Waals surface area contributed by atoms with Crippen LogP contribution < -0.4 is 0 Å². The van der Waals surface area contributed by atoms with E-state index in [0.29, 0.717) is 0 Å². The van der Waals surface area contributed by atoms with Crippen LogP contribution in [-0.4, -0.2) is 9.97 Å². The predicted molar refractivity (Wildman–Crippen MR) is 198 cm³/mol. The maximum absolute atomic E-state index is 5.40. The van der Waals surface area contributed by atoms with Crippen LogP contribution in [0, 0.1) is 0 Å². The standard InChI is InChI=1S/C40H64N2.C2H6/c1-5-9-13-17-21-25-33-31-35(27-23-19-15-11-7-3)41-39-37(33)29-30-38-34(26-22-18-14-10-6-2)32-36(42-40(38)39)28-24-20-16-12-8-4;1-2/h29-32H,5-28H2,1-4H3;1-2H3. The monoisotopic (exact) mass is 603 g/mol. The second-order valence-electron chi connectivity index (χ2n) is 13.1. The minimum Gasteiger partial charge on any atom is -0.251 e. The third kappa shape index (κ3) is 13.6. The number of unbranched alkanes of at least 4 members (excludes halogenated alkanes) is 16. The Hall–Kier alpha value is -1.96. The van der Waals surface area contributed by atoms with Crippen molar-refractivity contribution in [2.45, 2.75) is 196 Å². The second-order valence-corrected chi connectivity index (χ2v) is 13.1. The summed E-state index contributed by atoms with van der Waals surface area (Å²) in [6, 6.07) is 9.70. The Balaban J connectivity index is 0.00000330. The molecule has 0 aliphatic carbocycles. The van der Waals surface area contributed by atoms with Gasteiger partial charge in [-0.2, -0.15) is 0 Å². The summed E-state index contributed by atoms with van der Waals surface area (Å²) in [4.78, 5) is 10.8. The number of aromatic nitrogens is 2. The van der Waals surface area contributed by atoms with Crippen LogP contribution in [0.25, 0.3) is 21.8 Å². The van der Waals surface area contributed by atoms with Gasteiger partial charge in [-0.15, -0.1) is 0 Å². The Kier molecular flexibility index (Phi) is 21.1. The topological polar surface area (TPSA) is 25.8 Å². The smallest absolute Gasteiger partial charge is 0.0970 e. The SMILES string of the molecule is CC.CCCCCCCc1cc(CCCCCCC)c2ccc3c(CCCCCCC)cc(CCCCCCC)nc3c2n1. The summed E-state index contributed by atoms with van der Waals surface area (Å²) < 4.78 is 0. The minimum atomic E-state index is 1.10. The number of hydrogen-bond acceptors (Lipinski definition) is 2. The van der Waals surface area contributed by atoms with E-state index < -0.39 is 0 Å². The first kappa shape index (κ1) is 38.2. The summed E-state index contributed by atoms with van der Waals surface area (Å²) in [6.07, 6.45) is 30.9. The average molecular weight is 603 g/mol. The van der Waals surface area contributed by atoms with E-state index in [1.54, 1.807) is 0 Å². The molecule has 0 bridgehead atoms.